The van der Waals surface area contributed by atoms with Crippen molar-refractivity contribution in [2.75, 3.05) is 6.61 Å². The Morgan fingerprint density at radius 3 is 2.09 bits per heavy atom. The van der Waals surface area contributed by atoms with Crippen molar-refractivity contribution in [3.63, 3.8) is 0 Å². The summed E-state index contributed by atoms with van der Waals surface area (Å²) in [6.07, 6.45) is -0.808. The monoisotopic (exact) mass is 683 g/mol. The molecule has 2 heterocycles. The number of likely N-dealkylation sites (tertiary alicyclic amines) is 1. The van der Waals surface area contributed by atoms with E-state index in [1.165, 1.54) is 44.7 Å². The molecule has 1 N–H and O–H groups in total. The van der Waals surface area contributed by atoms with Crippen LogP contribution in [0.15, 0.2) is 120 Å². The summed E-state index contributed by atoms with van der Waals surface area (Å²) in [6, 6.07) is 32.4. The molecule has 3 atom stereocenters. The molecule has 0 aliphatic carbocycles. The van der Waals surface area contributed by atoms with E-state index in [0.717, 1.165) is 14.6 Å². The number of hydrogen-bond donors (Lipinski definition) is 1. The minimum atomic E-state index is -1.53. The molecule has 1 aliphatic heterocycles. The number of ketones is 1. The van der Waals surface area contributed by atoms with Crippen LogP contribution in [0, 0.1) is 0 Å². The molecule has 4 aromatic carbocycles. The van der Waals surface area contributed by atoms with Gasteiger partial charge in [0.05, 0.1) is 10.2 Å². The second-order valence-corrected chi connectivity index (χ2v) is 14.2. The van der Waals surface area contributed by atoms with Crippen LogP contribution in [-0.4, -0.2) is 57.5 Å². The molecule has 1 aliphatic rings. The maximum absolute atomic E-state index is 13.9. The summed E-state index contributed by atoms with van der Waals surface area (Å²) in [5, 5.41) is 1.95. The Balaban J connectivity index is 1.23. The molecule has 0 bridgehead atoms. The third-order valence-corrected chi connectivity index (χ3v) is 11.4. The summed E-state index contributed by atoms with van der Waals surface area (Å²) in [5.74, 6) is -2.01. The van der Waals surface area contributed by atoms with Gasteiger partial charge >= 0.3 is 5.97 Å². The Hall–Kier alpha value is -4.65. The van der Waals surface area contributed by atoms with E-state index in [9.17, 15) is 19.2 Å². The number of amides is 2. The molecule has 3 unspecified atom stereocenters. The highest BCUT2D eigenvalue weighted by Crippen LogP contribution is 2.45. The van der Waals surface area contributed by atoms with Crippen molar-refractivity contribution in [2.45, 2.75) is 34.8 Å². The van der Waals surface area contributed by atoms with Gasteiger partial charge in [0, 0.05) is 0 Å². The normalized spacial score (nSPS) is 16.4. The molecule has 5 aromatic rings. The smallest absolute Gasteiger partial charge is 0.337 e. The number of esters is 1. The van der Waals surface area contributed by atoms with E-state index in [4.69, 9.17) is 9.47 Å². The maximum atomic E-state index is 13.9. The first-order chi connectivity index (χ1) is 22.9. The molecule has 0 saturated carbocycles. The molecule has 0 radical (unpaired) electrons. The lowest BCUT2D eigenvalue weighted by Crippen LogP contribution is -2.74. The Morgan fingerprint density at radius 2 is 1.47 bits per heavy atom. The summed E-state index contributed by atoms with van der Waals surface area (Å²) in [5.41, 5.74) is 2.26. The number of β-lactam (4-membered cyclic amide) rings is 1. The van der Waals surface area contributed by atoms with Gasteiger partial charge in [-0.15, -0.1) is 11.3 Å². The van der Waals surface area contributed by atoms with Gasteiger partial charge in [-0.05, 0) is 53.1 Å². The van der Waals surface area contributed by atoms with E-state index < -0.39 is 47.1 Å². The quantitative estimate of drug-likeness (QED) is 0.0685. The second-order valence-electron chi connectivity index (χ2n) is 10.6. The van der Waals surface area contributed by atoms with E-state index in [2.05, 4.69) is 10.3 Å². The van der Waals surface area contributed by atoms with Crippen molar-refractivity contribution in [3.8, 4) is 5.75 Å². The highest BCUT2D eigenvalue weighted by Gasteiger charge is 2.55. The van der Waals surface area contributed by atoms with Gasteiger partial charge in [-0.25, -0.2) is 9.78 Å². The third kappa shape index (κ3) is 7.51. The molecule has 2 amide bonds. The molecule has 1 saturated heterocycles. The molecular weight excluding hydrogens is 655 g/mol. The van der Waals surface area contributed by atoms with Gasteiger partial charge in [0.25, 0.3) is 5.91 Å². The second kappa shape index (κ2) is 14.8. The van der Waals surface area contributed by atoms with E-state index in [-0.39, 0.29) is 6.61 Å². The van der Waals surface area contributed by atoms with Gasteiger partial charge in [-0.3, -0.25) is 14.4 Å². The van der Waals surface area contributed by atoms with Crippen LogP contribution in [0.3, 0.4) is 0 Å². The first-order valence-electron chi connectivity index (χ1n) is 14.7. The van der Waals surface area contributed by atoms with Crippen LogP contribution in [0.25, 0.3) is 10.2 Å². The molecule has 1 aromatic heterocycles. The van der Waals surface area contributed by atoms with Crippen LogP contribution in [0.2, 0.25) is 0 Å². The average Bonchev–Trinajstić information content (AvgIpc) is 3.52. The highest BCUT2D eigenvalue weighted by molar-refractivity contribution is 8.77. The van der Waals surface area contributed by atoms with E-state index in [0.29, 0.717) is 16.9 Å². The molecule has 6 rings (SSSR count). The summed E-state index contributed by atoms with van der Waals surface area (Å²) in [6.45, 7) is 0.936. The number of rotatable bonds is 13. The molecule has 0 spiro atoms. The summed E-state index contributed by atoms with van der Waals surface area (Å²) in [4.78, 5) is 59.4. The number of carbonyl (C=O) groups is 4. The molecule has 47 heavy (non-hydrogen) atoms. The van der Waals surface area contributed by atoms with Crippen molar-refractivity contribution in [2.24, 2.45) is 0 Å². The Labute approximate surface area is 283 Å². The lowest BCUT2D eigenvalue weighted by Gasteiger charge is -2.48. The van der Waals surface area contributed by atoms with Crippen LogP contribution in [-0.2, 0) is 23.9 Å². The van der Waals surface area contributed by atoms with Gasteiger partial charge < -0.3 is 19.7 Å². The summed E-state index contributed by atoms with van der Waals surface area (Å²) in [7, 11) is 2.55. The average molecular weight is 684 g/mol. The predicted octanol–water partition coefficient (Wildman–Crippen LogP) is 6.06. The van der Waals surface area contributed by atoms with Crippen LogP contribution >= 0.6 is 32.9 Å². The summed E-state index contributed by atoms with van der Waals surface area (Å²) < 4.78 is 13.3. The zero-order valence-electron chi connectivity index (χ0n) is 25.1. The first-order valence-corrected chi connectivity index (χ1v) is 17.7. The topological polar surface area (TPSA) is 115 Å². The van der Waals surface area contributed by atoms with E-state index in [1.807, 2.05) is 91.0 Å². The van der Waals surface area contributed by atoms with Crippen LogP contribution < -0.4 is 10.1 Å². The number of hydrogen-bond acceptors (Lipinski definition) is 10. The zero-order chi connectivity index (χ0) is 32.8. The van der Waals surface area contributed by atoms with Crippen molar-refractivity contribution in [3.05, 3.63) is 126 Å². The molecule has 238 valence electrons. The largest absolute Gasteiger partial charge is 0.484 e. The van der Waals surface area contributed by atoms with Gasteiger partial charge in [0.15, 0.2) is 28.9 Å². The fourth-order valence-corrected chi connectivity index (χ4v) is 9.05. The SMILES string of the molecule is CC(=O)C(C(=O)OC(c1ccccc1)c1ccccc1)N1C(=O)C(NC(=O)COc2ccccc2)C1SSc1nc2ccccc2s1. The number of carbonyl (C=O) groups excluding carboxylic acids is 4. The van der Waals surface area contributed by atoms with Crippen molar-refractivity contribution in [1.29, 1.82) is 0 Å². The van der Waals surface area contributed by atoms with Gasteiger partial charge in [-0.1, -0.05) is 102 Å². The Kier molecular flexibility index (Phi) is 10.2. The minimum absolute atomic E-state index is 0.315. The van der Waals surface area contributed by atoms with Crippen molar-refractivity contribution < 1.29 is 28.7 Å². The number of benzene rings is 4. The number of aromatic nitrogens is 1. The molecule has 9 nitrogen and oxygen atoms in total. The van der Waals surface area contributed by atoms with Crippen molar-refractivity contribution >= 4 is 66.7 Å². The first kappa shape index (κ1) is 32.3. The maximum Gasteiger partial charge on any atom is 0.337 e. The fraction of sp³-hybridized carbons (Fsp3) is 0.171. The molecule has 12 heteroatoms. The predicted molar refractivity (Wildman–Crippen MR) is 183 cm³/mol. The zero-order valence-corrected chi connectivity index (χ0v) is 27.5. The number of para-hydroxylation sites is 2. The van der Waals surface area contributed by atoms with Crippen LogP contribution in [0.4, 0.5) is 0 Å². The van der Waals surface area contributed by atoms with Gasteiger partial charge in [-0.2, -0.15) is 0 Å². The summed E-state index contributed by atoms with van der Waals surface area (Å²) >= 11 is 1.48. The van der Waals surface area contributed by atoms with Crippen LogP contribution in [0.1, 0.15) is 24.2 Å². The van der Waals surface area contributed by atoms with Gasteiger partial charge in [0.2, 0.25) is 5.91 Å². The number of Topliss-reactive ketones (excluding diaryl/α,β-unsaturated/α-hetero) is 1. The number of fused-ring (bicyclic) bond motifs is 1. The molecule has 1 fully saturated rings. The van der Waals surface area contributed by atoms with Crippen molar-refractivity contribution in [1.82, 2.24) is 15.2 Å². The van der Waals surface area contributed by atoms with E-state index in [1.54, 1.807) is 24.3 Å². The Morgan fingerprint density at radius 1 is 0.872 bits per heavy atom. The Bertz CT molecular complexity index is 1800. The van der Waals surface area contributed by atoms with Gasteiger partial charge in [0.1, 0.15) is 17.2 Å². The van der Waals surface area contributed by atoms with E-state index >= 15 is 0 Å². The number of nitrogens with one attached hydrogen (secondary N) is 1. The highest BCUT2D eigenvalue weighted by atomic mass is 33.1. The number of thiazole rings is 1. The fourth-order valence-electron chi connectivity index (χ4n) is 5.09. The lowest BCUT2D eigenvalue weighted by atomic mass is 9.99. The van der Waals surface area contributed by atoms with Crippen LogP contribution in [0.5, 0.6) is 5.75 Å². The standard InChI is InChI=1S/C35H29N3O6S3/c1-22(39)30(34(42)44-31(23-13-5-2-6-14-23)24-15-7-3-8-16-24)38-32(41)29(37-28(40)21-43-25-17-9-4-10-18-25)33(38)46-47-35-36-26-19-11-12-20-27(26)45-35/h2-20,29-31,33H,21H2,1H3,(H,37,40). The third-order valence-electron chi connectivity index (χ3n) is 7.33. The molecular formula is C35H29N3O6S3. The minimum Gasteiger partial charge on any atom is -0.484 e. The number of nitrogens with zero attached hydrogens (tertiary/aromatic N) is 2. The number of ether oxygens (including phenoxy) is 2. The lowest BCUT2D eigenvalue weighted by molar-refractivity contribution is -0.169.